The normalized spacial score (nSPS) is 12.5. The lowest BCUT2D eigenvalue weighted by molar-refractivity contribution is -0.139. The van der Waals surface area contributed by atoms with Gasteiger partial charge in [0.2, 0.25) is 0 Å². The molecule has 1 unspecified atom stereocenters. The van der Waals surface area contributed by atoms with Gasteiger partial charge in [-0.2, -0.15) is 0 Å². The van der Waals surface area contributed by atoms with Crippen molar-refractivity contribution in [3.05, 3.63) is 0 Å². The Kier molecular flexibility index (Phi) is 4.43. The van der Waals surface area contributed by atoms with Crippen molar-refractivity contribution in [2.45, 2.75) is 18.9 Å². The van der Waals surface area contributed by atoms with Crippen molar-refractivity contribution in [2.75, 3.05) is 0 Å². The molecule has 0 spiro atoms. The van der Waals surface area contributed by atoms with Crippen molar-refractivity contribution in [1.29, 1.82) is 0 Å². The number of hydrogen-bond acceptors (Lipinski definition) is 4. The Labute approximate surface area is 58.2 Å². The molecule has 4 N–H and O–H groups in total. The molecule has 1 atom stereocenters. The second kappa shape index (κ2) is 4.89. The number of nitrogens with two attached hydrogens (primary N) is 1. The smallest absolute Gasteiger partial charge is 0.322 e. The van der Waals surface area contributed by atoms with E-state index < -0.39 is 12.0 Å². The predicted octanol–water partition coefficient (Wildman–Crippen LogP) is -1.21. The number of carboxylic acid groups (broad SMARTS) is 1. The molecule has 0 bridgehead atoms. The lowest BCUT2D eigenvalue weighted by atomic mass is 10.2. The predicted molar refractivity (Wildman–Crippen MR) is 33.7 cm³/mol. The maximum Gasteiger partial charge on any atom is 0.322 e. The molecule has 57 valence electrons. The topological polar surface area (TPSA) is 92.4 Å². The van der Waals surface area contributed by atoms with Crippen LogP contribution in [0.4, 0.5) is 0 Å². The van der Waals surface area contributed by atoms with Gasteiger partial charge in [-0.15, -0.1) is 0 Å². The van der Waals surface area contributed by atoms with Crippen LogP contribution in [0, 0.1) is 0 Å². The molecule has 0 saturated heterocycles. The zero-order valence-corrected chi connectivity index (χ0v) is 5.33. The first-order valence-corrected chi connectivity index (χ1v) is 2.76. The number of rotatable bonds is 5. The molecule has 0 aliphatic carbocycles. The largest absolute Gasteiger partial charge is 0.480 e. The van der Waals surface area contributed by atoms with Gasteiger partial charge in [0.1, 0.15) is 6.04 Å². The van der Waals surface area contributed by atoms with Gasteiger partial charge in [-0.1, -0.05) is 0 Å². The molecule has 0 aromatic carbocycles. The average Bonchev–Trinajstić information content (AvgIpc) is 1.89. The minimum atomic E-state index is -1.06. The number of carbonyl (C=O) groups excluding carboxylic acids is 1. The lowest BCUT2D eigenvalue weighted by Crippen LogP contribution is -2.41. The molecule has 0 aliphatic heterocycles. The van der Waals surface area contributed by atoms with Gasteiger partial charge in [-0.3, -0.25) is 15.4 Å². The summed E-state index contributed by atoms with van der Waals surface area (Å²) in [5, 5.41) is 8.33. The summed E-state index contributed by atoms with van der Waals surface area (Å²) in [6.07, 6.45) is 1.84. The van der Waals surface area contributed by atoms with E-state index in [1.807, 2.05) is 0 Å². The van der Waals surface area contributed by atoms with Crippen molar-refractivity contribution in [2.24, 2.45) is 5.84 Å². The molecule has 0 aliphatic rings. The molecular formula is C5H9N2O3. The Morgan fingerprint density at radius 1 is 1.80 bits per heavy atom. The van der Waals surface area contributed by atoms with E-state index in [2.05, 4.69) is 5.43 Å². The first kappa shape index (κ1) is 9.06. The molecule has 0 rings (SSSR count). The molecule has 0 amide bonds. The second-order valence-corrected chi connectivity index (χ2v) is 1.74. The molecule has 5 nitrogen and oxygen atoms in total. The zero-order valence-electron chi connectivity index (χ0n) is 5.33. The highest BCUT2D eigenvalue weighted by atomic mass is 16.4. The van der Waals surface area contributed by atoms with E-state index in [1.54, 1.807) is 6.29 Å². The Hall–Kier alpha value is -0.940. The van der Waals surface area contributed by atoms with E-state index in [9.17, 15) is 9.59 Å². The standard InChI is InChI=1S/C5H9N2O3/c6-7-4(5(9)10)2-1-3-8/h4,7H,1-2,6H2,(H,9,10). The van der Waals surface area contributed by atoms with E-state index in [0.29, 0.717) is 0 Å². The Bertz CT molecular complexity index is 126. The molecule has 0 aromatic rings. The van der Waals surface area contributed by atoms with Crippen LogP contribution >= 0.6 is 0 Å². The second-order valence-electron chi connectivity index (χ2n) is 1.74. The van der Waals surface area contributed by atoms with E-state index in [4.69, 9.17) is 10.9 Å². The summed E-state index contributed by atoms with van der Waals surface area (Å²) >= 11 is 0. The van der Waals surface area contributed by atoms with Crippen LogP contribution in [0.25, 0.3) is 0 Å². The van der Waals surface area contributed by atoms with Crippen molar-refractivity contribution in [3.63, 3.8) is 0 Å². The number of carbonyl (C=O) groups is 1. The fraction of sp³-hybridized carbons (Fsp3) is 0.600. The van der Waals surface area contributed by atoms with E-state index in [1.165, 1.54) is 0 Å². The van der Waals surface area contributed by atoms with Crippen molar-refractivity contribution in [3.8, 4) is 0 Å². The fourth-order valence-electron chi connectivity index (χ4n) is 0.481. The average molecular weight is 145 g/mol. The SMILES string of the molecule is NNC(CC[C]=O)C(=O)O. The van der Waals surface area contributed by atoms with Gasteiger partial charge in [0, 0.05) is 6.42 Å². The van der Waals surface area contributed by atoms with Crippen molar-refractivity contribution in [1.82, 2.24) is 5.43 Å². The van der Waals surface area contributed by atoms with Crippen LogP contribution in [0.2, 0.25) is 0 Å². The number of hydrazine groups is 1. The molecule has 0 aromatic heterocycles. The molecule has 1 radical (unpaired) electrons. The maximum absolute atomic E-state index is 10.2. The molecule has 10 heavy (non-hydrogen) atoms. The summed E-state index contributed by atoms with van der Waals surface area (Å²) in [5.41, 5.74) is 2.06. The minimum absolute atomic E-state index is 0.0845. The molecule has 0 fully saturated rings. The zero-order chi connectivity index (χ0) is 7.98. The first-order valence-electron chi connectivity index (χ1n) is 2.76. The summed E-state index contributed by atoms with van der Waals surface area (Å²) in [7, 11) is 0. The number of aliphatic carboxylic acids is 1. The minimum Gasteiger partial charge on any atom is -0.480 e. The summed E-state index contributed by atoms with van der Waals surface area (Å²) in [4.78, 5) is 19.8. The monoisotopic (exact) mass is 145 g/mol. The van der Waals surface area contributed by atoms with Crippen molar-refractivity contribution < 1.29 is 14.7 Å². The quantitative estimate of drug-likeness (QED) is 0.333. The van der Waals surface area contributed by atoms with Gasteiger partial charge < -0.3 is 5.11 Å². The highest BCUT2D eigenvalue weighted by Crippen LogP contribution is 1.92. The number of hydrogen-bond donors (Lipinski definition) is 3. The van der Waals surface area contributed by atoms with E-state index >= 15 is 0 Å². The third kappa shape index (κ3) is 3.16. The van der Waals surface area contributed by atoms with Crippen LogP contribution in [0.15, 0.2) is 0 Å². The summed E-state index contributed by atoms with van der Waals surface area (Å²) in [6.45, 7) is 0. The van der Waals surface area contributed by atoms with Crippen LogP contribution in [0.3, 0.4) is 0 Å². The summed E-state index contributed by atoms with van der Waals surface area (Å²) in [6, 6.07) is -0.846. The van der Waals surface area contributed by atoms with Gasteiger partial charge in [0.15, 0.2) is 6.29 Å². The highest BCUT2D eigenvalue weighted by molar-refractivity contribution is 5.73. The van der Waals surface area contributed by atoms with E-state index in [0.717, 1.165) is 0 Å². The summed E-state index contributed by atoms with van der Waals surface area (Å²) < 4.78 is 0. The van der Waals surface area contributed by atoms with Crippen LogP contribution in [0.5, 0.6) is 0 Å². The third-order valence-corrected chi connectivity index (χ3v) is 1.03. The van der Waals surface area contributed by atoms with Gasteiger partial charge in [0.05, 0.1) is 0 Å². The number of carboxylic acids is 1. The first-order chi connectivity index (χ1) is 4.72. The molecule has 0 saturated carbocycles. The third-order valence-electron chi connectivity index (χ3n) is 1.03. The summed E-state index contributed by atoms with van der Waals surface area (Å²) in [5.74, 6) is 3.80. The van der Waals surface area contributed by atoms with Gasteiger partial charge in [0.25, 0.3) is 0 Å². The van der Waals surface area contributed by atoms with Gasteiger partial charge in [-0.05, 0) is 6.42 Å². The molecule has 5 heteroatoms. The Morgan fingerprint density at radius 2 is 2.40 bits per heavy atom. The van der Waals surface area contributed by atoms with Crippen LogP contribution in [-0.4, -0.2) is 23.4 Å². The fourth-order valence-corrected chi connectivity index (χ4v) is 0.481. The molecule has 0 heterocycles. The van der Waals surface area contributed by atoms with Crippen LogP contribution < -0.4 is 11.3 Å². The van der Waals surface area contributed by atoms with E-state index in [-0.39, 0.29) is 12.8 Å². The maximum atomic E-state index is 10.2. The Morgan fingerprint density at radius 3 is 2.70 bits per heavy atom. The Balaban J connectivity index is 3.60. The lowest BCUT2D eigenvalue weighted by Gasteiger charge is -2.06. The number of nitrogens with one attached hydrogen (secondary N) is 1. The van der Waals surface area contributed by atoms with Crippen molar-refractivity contribution >= 4 is 12.3 Å². The highest BCUT2D eigenvalue weighted by Gasteiger charge is 2.13. The van der Waals surface area contributed by atoms with Gasteiger partial charge in [-0.25, -0.2) is 5.43 Å². The van der Waals surface area contributed by atoms with Crippen LogP contribution in [-0.2, 0) is 9.59 Å². The van der Waals surface area contributed by atoms with Crippen LogP contribution in [0.1, 0.15) is 12.8 Å². The molecular weight excluding hydrogens is 136 g/mol. The van der Waals surface area contributed by atoms with Gasteiger partial charge >= 0.3 is 5.97 Å².